The Labute approximate surface area is 184 Å². The van der Waals surface area contributed by atoms with Crippen LogP contribution in [-0.4, -0.2) is 34.2 Å². The van der Waals surface area contributed by atoms with Crippen molar-refractivity contribution in [3.8, 4) is 0 Å². The second-order valence-corrected chi connectivity index (χ2v) is 10.1. The van der Waals surface area contributed by atoms with Crippen molar-refractivity contribution in [1.29, 1.82) is 0 Å². The number of carbonyl (C=O) groups excluding carboxylic acids is 1. The van der Waals surface area contributed by atoms with Crippen LogP contribution in [-0.2, 0) is 17.0 Å². The maximum absolute atomic E-state index is 12.7. The highest BCUT2D eigenvalue weighted by molar-refractivity contribution is 7.99. The number of aromatic nitrogens is 2. The van der Waals surface area contributed by atoms with E-state index in [1.54, 1.807) is 0 Å². The van der Waals surface area contributed by atoms with Crippen LogP contribution in [0, 0.1) is 13.8 Å². The Morgan fingerprint density at radius 1 is 1.40 bits per heavy atom. The van der Waals surface area contributed by atoms with Crippen molar-refractivity contribution in [3.63, 3.8) is 0 Å². The third-order valence-corrected chi connectivity index (χ3v) is 7.91. The first-order valence-electron chi connectivity index (χ1n) is 10.2. The minimum atomic E-state index is -0.270. The van der Waals surface area contributed by atoms with E-state index in [1.165, 1.54) is 34.3 Å². The number of aryl methyl sites for hydroxylation is 2. The van der Waals surface area contributed by atoms with E-state index >= 15 is 0 Å². The highest BCUT2D eigenvalue weighted by Crippen LogP contribution is 2.31. The number of nitrogens with zero attached hydrogens (tertiary/aromatic N) is 2. The van der Waals surface area contributed by atoms with Gasteiger partial charge in [0.25, 0.3) is 5.56 Å². The van der Waals surface area contributed by atoms with Crippen LogP contribution >= 0.6 is 23.1 Å². The van der Waals surface area contributed by atoms with Crippen LogP contribution in [0.2, 0.25) is 0 Å². The van der Waals surface area contributed by atoms with Gasteiger partial charge in [-0.15, -0.1) is 23.1 Å². The predicted octanol–water partition coefficient (Wildman–Crippen LogP) is 4.24. The number of aromatic amines is 1. The number of carbonyl (C=O) groups is 1. The van der Waals surface area contributed by atoms with Crippen molar-refractivity contribution in [1.82, 2.24) is 9.97 Å². The summed E-state index contributed by atoms with van der Waals surface area (Å²) in [5.74, 6) is 1.03. The van der Waals surface area contributed by atoms with Gasteiger partial charge in [0.1, 0.15) is 10.7 Å². The summed E-state index contributed by atoms with van der Waals surface area (Å²) in [5, 5.41) is 3.43. The quantitative estimate of drug-likeness (QED) is 0.597. The number of fused-ring (bicyclic) bond motifs is 2. The van der Waals surface area contributed by atoms with Gasteiger partial charge in [-0.1, -0.05) is 6.07 Å². The van der Waals surface area contributed by atoms with Crippen LogP contribution in [0.25, 0.3) is 10.2 Å². The van der Waals surface area contributed by atoms with Crippen LogP contribution in [0.5, 0.6) is 0 Å². The third kappa shape index (κ3) is 3.98. The number of hydrogen-bond donors (Lipinski definition) is 2. The molecule has 0 saturated carbocycles. The molecule has 1 aliphatic heterocycles. The lowest BCUT2D eigenvalue weighted by atomic mass is 10.1. The number of benzene rings is 1. The molecule has 1 amide bonds. The molecule has 0 radical (unpaired) electrons. The molecule has 158 valence electrons. The first-order chi connectivity index (χ1) is 14.4. The fourth-order valence-electron chi connectivity index (χ4n) is 3.74. The van der Waals surface area contributed by atoms with Crippen molar-refractivity contribution in [3.05, 3.63) is 50.4 Å². The molecule has 3 aromatic rings. The molecule has 0 spiro atoms. The highest BCUT2D eigenvalue weighted by atomic mass is 32.2. The number of amides is 1. The Morgan fingerprint density at radius 2 is 2.20 bits per heavy atom. The number of thioether (sulfide) groups is 1. The standard InChI is InChI=1S/C22H26N4O2S2/c1-5-26-9-8-15-6-7-16(10-17(15)26)23-20(27)14(4)29-11-18-24-21(28)19-12(2)13(3)30-22(19)25-18/h6-7,10,14H,5,8-9,11H2,1-4H3,(H,23,27)(H,24,25,28). The fourth-order valence-corrected chi connectivity index (χ4v) is 5.55. The summed E-state index contributed by atoms with van der Waals surface area (Å²) in [7, 11) is 0. The molecule has 1 unspecified atom stereocenters. The van der Waals surface area contributed by atoms with E-state index in [0.29, 0.717) is 17.0 Å². The Balaban J connectivity index is 1.41. The zero-order chi connectivity index (χ0) is 21.4. The Hall–Kier alpha value is -2.32. The van der Waals surface area contributed by atoms with E-state index in [4.69, 9.17) is 0 Å². The van der Waals surface area contributed by atoms with Gasteiger partial charge in [0.15, 0.2) is 0 Å². The van der Waals surface area contributed by atoms with E-state index < -0.39 is 0 Å². The van der Waals surface area contributed by atoms with Gasteiger partial charge < -0.3 is 15.2 Å². The maximum Gasteiger partial charge on any atom is 0.259 e. The van der Waals surface area contributed by atoms with Gasteiger partial charge in [-0.05, 0) is 57.4 Å². The zero-order valence-corrected chi connectivity index (χ0v) is 19.3. The monoisotopic (exact) mass is 442 g/mol. The smallest absolute Gasteiger partial charge is 0.259 e. The van der Waals surface area contributed by atoms with Gasteiger partial charge in [-0.3, -0.25) is 9.59 Å². The number of rotatable bonds is 6. The number of hydrogen-bond acceptors (Lipinski definition) is 6. The van der Waals surface area contributed by atoms with Gasteiger partial charge in [0, 0.05) is 29.3 Å². The molecule has 0 aliphatic carbocycles. The lowest BCUT2D eigenvalue weighted by Gasteiger charge is -2.18. The second-order valence-electron chi connectivity index (χ2n) is 7.59. The first-order valence-corrected chi connectivity index (χ1v) is 12.0. The zero-order valence-electron chi connectivity index (χ0n) is 17.7. The Bertz CT molecular complexity index is 1170. The maximum atomic E-state index is 12.7. The number of nitrogens with one attached hydrogen (secondary N) is 2. The SMILES string of the molecule is CCN1CCc2ccc(NC(=O)C(C)SCc3nc4sc(C)c(C)c4c(=O)[nH]3)cc21. The van der Waals surface area contributed by atoms with Crippen LogP contribution < -0.4 is 15.8 Å². The number of likely N-dealkylation sites (N-methyl/N-ethyl adjacent to an activating group) is 1. The second kappa shape index (κ2) is 8.43. The summed E-state index contributed by atoms with van der Waals surface area (Å²) < 4.78 is 0. The Morgan fingerprint density at radius 3 is 2.97 bits per heavy atom. The van der Waals surface area contributed by atoms with Gasteiger partial charge in [0.2, 0.25) is 5.91 Å². The minimum Gasteiger partial charge on any atom is -0.371 e. The summed E-state index contributed by atoms with van der Waals surface area (Å²) in [6.45, 7) is 9.98. The van der Waals surface area contributed by atoms with Crippen molar-refractivity contribution < 1.29 is 4.79 Å². The minimum absolute atomic E-state index is 0.0489. The van der Waals surface area contributed by atoms with Crippen molar-refractivity contribution >= 4 is 50.6 Å². The fraction of sp³-hybridized carbons (Fsp3) is 0.409. The highest BCUT2D eigenvalue weighted by Gasteiger charge is 2.20. The number of H-pyrrole nitrogens is 1. The molecule has 8 heteroatoms. The molecule has 6 nitrogen and oxygen atoms in total. The van der Waals surface area contributed by atoms with E-state index in [1.807, 2.05) is 26.8 Å². The van der Waals surface area contributed by atoms with E-state index in [2.05, 4.69) is 39.2 Å². The Kier molecular flexibility index (Phi) is 5.88. The molecule has 0 bridgehead atoms. The lowest BCUT2D eigenvalue weighted by Crippen LogP contribution is -2.23. The molecule has 2 N–H and O–H groups in total. The summed E-state index contributed by atoms with van der Waals surface area (Å²) >= 11 is 3.00. The van der Waals surface area contributed by atoms with E-state index in [9.17, 15) is 9.59 Å². The summed E-state index contributed by atoms with van der Waals surface area (Å²) in [6.07, 6.45) is 1.06. The van der Waals surface area contributed by atoms with Crippen LogP contribution in [0.4, 0.5) is 11.4 Å². The van der Waals surface area contributed by atoms with Gasteiger partial charge >= 0.3 is 0 Å². The molecular weight excluding hydrogens is 416 g/mol. The van der Waals surface area contributed by atoms with E-state index in [0.717, 1.165) is 40.5 Å². The molecule has 1 aromatic carbocycles. The van der Waals surface area contributed by atoms with Crippen LogP contribution in [0.3, 0.4) is 0 Å². The predicted molar refractivity (Wildman–Crippen MR) is 127 cm³/mol. The normalized spacial score (nSPS) is 14.2. The molecular formula is C22H26N4O2S2. The summed E-state index contributed by atoms with van der Waals surface area (Å²) in [4.78, 5) is 36.8. The topological polar surface area (TPSA) is 78.1 Å². The van der Waals surface area contributed by atoms with Crippen LogP contribution in [0.1, 0.15) is 35.7 Å². The molecule has 0 saturated heterocycles. The summed E-state index contributed by atoms with van der Waals surface area (Å²) in [5.41, 5.74) is 4.26. The third-order valence-electron chi connectivity index (χ3n) is 5.65. The molecule has 30 heavy (non-hydrogen) atoms. The van der Waals surface area contributed by atoms with Gasteiger partial charge in [-0.2, -0.15) is 0 Å². The first kappa shape index (κ1) is 20.9. The van der Waals surface area contributed by atoms with Crippen LogP contribution in [0.15, 0.2) is 23.0 Å². The van der Waals surface area contributed by atoms with Gasteiger partial charge in [0.05, 0.1) is 16.4 Å². The molecule has 3 heterocycles. The largest absolute Gasteiger partial charge is 0.371 e. The molecule has 0 fully saturated rings. The number of thiophene rings is 1. The summed E-state index contributed by atoms with van der Waals surface area (Å²) in [6, 6.07) is 6.14. The molecule has 2 aromatic heterocycles. The average Bonchev–Trinajstić information content (AvgIpc) is 3.26. The van der Waals surface area contributed by atoms with Gasteiger partial charge in [-0.25, -0.2) is 4.98 Å². The molecule has 1 atom stereocenters. The van der Waals surface area contributed by atoms with Crippen molar-refractivity contribution in [2.45, 2.75) is 45.1 Å². The molecule has 4 rings (SSSR count). The van der Waals surface area contributed by atoms with Crippen molar-refractivity contribution in [2.75, 3.05) is 23.3 Å². The number of anilines is 2. The molecule has 1 aliphatic rings. The van der Waals surface area contributed by atoms with E-state index in [-0.39, 0.29) is 16.7 Å². The average molecular weight is 443 g/mol. The van der Waals surface area contributed by atoms with Crippen molar-refractivity contribution in [2.24, 2.45) is 0 Å². The lowest BCUT2D eigenvalue weighted by molar-refractivity contribution is -0.115.